The highest BCUT2D eigenvalue weighted by molar-refractivity contribution is 7.92. The molecule has 0 bridgehead atoms. The summed E-state index contributed by atoms with van der Waals surface area (Å²) in [5.74, 6) is 0.688. The number of hydrogen-bond acceptors (Lipinski definition) is 7. The molecule has 2 aliphatic heterocycles. The number of piperidine rings is 1. The summed E-state index contributed by atoms with van der Waals surface area (Å²) in [6, 6.07) is 2.98. The summed E-state index contributed by atoms with van der Waals surface area (Å²) in [6.07, 6.45) is 8.29. The van der Waals surface area contributed by atoms with Gasteiger partial charge in [0, 0.05) is 49.7 Å². The van der Waals surface area contributed by atoms with E-state index in [2.05, 4.69) is 5.32 Å². The van der Waals surface area contributed by atoms with E-state index >= 15 is 0 Å². The first-order valence-corrected chi connectivity index (χ1v) is 17.1. The minimum atomic E-state index is -3.72. The molecule has 1 spiro atoms. The van der Waals surface area contributed by atoms with Crippen LogP contribution >= 0.6 is 0 Å². The smallest absolute Gasteiger partial charge is 0.318 e. The third-order valence-corrected chi connectivity index (χ3v) is 10.2. The summed E-state index contributed by atoms with van der Waals surface area (Å²) >= 11 is 0. The van der Waals surface area contributed by atoms with Gasteiger partial charge in [0.2, 0.25) is 10.0 Å². The molecular weight excluding hydrogens is 554 g/mol. The molecule has 2 heterocycles. The van der Waals surface area contributed by atoms with Crippen molar-refractivity contribution in [2.24, 2.45) is 10.7 Å². The maximum atomic E-state index is 13.1. The number of sulfonamides is 1. The lowest BCUT2D eigenvalue weighted by Crippen LogP contribution is -2.50. The Kier molecular flexibility index (Phi) is 10.2. The SMILES string of the molecule is Cc1cc(N(C)C(N)=O)cc(C)c1/C=C/S(=O)(=O)N1CCC2(CC1)N=C(CCCCCCCS(C)(=O)=O)NC2=O. The second-order valence-electron chi connectivity index (χ2n) is 10.8. The van der Waals surface area contributed by atoms with Crippen LogP contribution in [0.4, 0.5) is 10.5 Å². The number of urea groups is 1. The van der Waals surface area contributed by atoms with Crippen LogP contribution in [0.1, 0.15) is 68.1 Å². The second-order valence-corrected chi connectivity index (χ2v) is 14.9. The Morgan fingerprint density at radius 1 is 1.07 bits per heavy atom. The predicted octanol–water partition coefficient (Wildman–Crippen LogP) is 2.87. The Balaban J connectivity index is 1.55. The van der Waals surface area contributed by atoms with Crippen molar-refractivity contribution in [2.45, 2.75) is 70.8 Å². The fraction of sp³-hybridized carbons (Fsp3) is 0.593. The molecule has 11 nitrogen and oxygen atoms in total. The van der Waals surface area contributed by atoms with Gasteiger partial charge in [0.1, 0.15) is 21.2 Å². The van der Waals surface area contributed by atoms with Crippen LogP contribution in [-0.4, -0.2) is 76.6 Å². The minimum Gasteiger partial charge on any atom is -0.351 e. The molecule has 2 aliphatic rings. The van der Waals surface area contributed by atoms with E-state index in [1.807, 2.05) is 13.8 Å². The van der Waals surface area contributed by atoms with Crippen LogP contribution in [0.25, 0.3) is 6.08 Å². The molecule has 13 heteroatoms. The molecule has 0 unspecified atom stereocenters. The quantitative estimate of drug-likeness (QED) is 0.354. The van der Waals surface area contributed by atoms with E-state index in [0.717, 1.165) is 42.4 Å². The van der Waals surface area contributed by atoms with Gasteiger partial charge < -0.3 is 11.1 Å². The first kappa shape index (κ1) is 31.8. The fourth-order valence-electron chi connectivity index (χ4n) is 5.12. The van der Waals surface area contributed by atoms with Gasteiger partial charge in [0.25, 0.3) is 5.91 Å². The number of nitrogens with two attached hydrogens (primary N) is 1. The number of primary amides is 1. The summed E-state index contributed by atoms with van der Waals surface area (Å²) in [4.78, 5) is 30.3. The average Bonchev–Trinajstić information content (AvgIpc) is 3.15. The summed E-state index contributed by atoms with van der Waals surface area (Å²) in [6.45, 7) is 4.07. The van der Waals surface area contributed by atoms with Gasteiger partial charge in [-0.2, -0.15) is 4.31 Å². The van der Waals surface area contributed by atoms with Crippen molar-refractivity contribution in [3.8, 4) is 0 Å². The number of unbranched alkanes of at least 4 members (excludes halogenated alkanes) is 4. The van der Waals surface area contributed by atoms with Crippen molar-refractivity contribution < 1.29 is 26.4 Å². The first-order chi connectivity index (χ1) is 18.6. The monoisotopic (exact) mass is 595 g/mol. The zero-order chi connectivity index (χ0) is 29.7. The lowest BCUT2D eigenvalue weighted by Gasteiger charge is -2.34. The number of aryl methyl sites for hydroxylation is 2. The van der Waals surface area contributed by atoms with E-state index in [1.165, 1.54) is 20.9 Å². The van der Waals surface area contributed by atoms with Crippen LogP contribution < -0.4 is 16.0 Å². The summed E-state index contributed by atoms with van der Waals surface area (Å²) in [7, 11) is -5.06. The number of nitrogens with zero attached hydrogens (tertiary/aromatic N) is 3. The average molecular weight is 596 g/mol. The minimum absolute atomic E-state index is 0.171. The molecule has 1 fully saturated rings. The number of anilines is 1. The topological polar surface area (TPSA) is 159 Å². The maximum Gasteiger partial charge on any atom is 0.318 e. The molecule has 0 aromatic heterocycles. The Labute approximate surface area is 237 Å². The molecular formula is C27H41N5O6S2. The van der Waals surface area contributed by atoms with E-state index < -0.39 is 31.4 Å². The van der Waals surface area contributed by atoms with E-state index in [9.17, 15) is 26.4 Å². The number of carbonyl (C=O) groups excluding carboxylic acids is 2. The molecule has 0 radical (unpaired) electrons. The van der Waals surface area contributed by atoms with Gasteiger partial charge >= 0.3 is 6.03 Å². The molecule has 0 aliphatic carbocycles. The van der Waals surface area contributed by atoms with E-state index in [0.29, 0.717) is 37.2 Å². The lowest BCUT2D eigenvalue weighted by atomic mass is 9.89. The maximum absolute atomic E-state index is 13.1. The number of sulfone groups is 1. The third kappa shape index (κ3) is 8.14. The lowest BCUT2D eigenvalue weighted by molar-refractivity contribution is -0.124. The molecule has 3 rings (SSSR count). The number of hydrogen-bond donors (Lipinski definition) is 2. The molecule has 0 atom stereocenters. The fourth-order valence-corrected chi connectivity index (χ4v) is 7.02. The highest BCUT2D eigenvalue weighted by atomic mass is 32.2. The molecule has 1 saturated heterocycles. The number of carbonyl (C=O) groups is 2. The number of amides is 3. The Hall–Kier alpha value is -2.77. The molecule has 3 amide bonds. The van der Waals surface area contributed by atoms with E-state index in [1.54, 1.807) is 25.3 Å². The molecule has 40 heavy (non-hydrogen) atoms. The molecule has 0 saturated carbocycles. The van der Waals surface area contributed by atoms with Gasteiger partial charge in [0.15, 0.2) is 0 Å². The summed E-state index contributed by atoms with van der Waals surface area (Å²) in [5, 5.41) is 4.08. The number of rotatable bonds is 12. The zero-order valence-electron chi connectivity index (χ0n) is 23.8. The van der Waals surface area contributed by atoms with Crippen LogP contribution in [0.3, 0.4) is 0 Å². The van der Waals surface area contributed by atoms with Crippen LogP contribution in [0.2, 0.25) is 0 Å². The highest BCUT2D eigenvalue weighted by Gasteiger charge is 2.46. The molecule has 1 aromatic carbocycles. The number of amidine groups is 1. The summed E-state index contributed by atoms with van der Waals surface area (Å²) in [5.41, 5.74) is 7.43. The number of aliphatic imine (C=N–C) groups is 1. The van der Waals surface area contributed by atoms with Crippen LogP contribution in [0.5, 0.6) is 0 Å². The highest BCUT2D eigenvalue weighted by Crippen LogP contribution is 2.32. The van der Waals surface area contributed by atoms with Gasteiger partial charge in [-0.1, -0.05) is 19.3 Å². The molecule has 1 aromatic rings. The Morgan fingerprint density at radius 2 is 1.65 bits per heavy atom. The van der Waals surface area contributed by atoms with Gasteiger partial charge in [-0.05, 0) is 74.4 Å². The van der Waals surface area contributed by atoms with Gasteiger partial charge in [-0.3, -0.25) is 14.7 Å². The third-order valence-electron chi connectivity index (χ3n) is 7.57. The van der Waals surface area contributed by atoms with E-state index in [4.69, 9.17) is 10.7 Å². The van der Waals surface area contributed by atoms with Crippen molar-refractivity contribution in [1.29, 1.82) is 0 Å². The van der Waals surface area contributed by atoms with Crippen LogP contribution in [0, 0.1) is 13.8 Å². The normalized spacial score (nSPS) is 17.8. The van der Waals surface area contributed by atoms with Crippen molar-refractivity contribution in [3.63, 3.8) is 0 Å². The van der Waals surface area contributed by atoms with E-state index in [-0.39, 0.29) is 24.7 Å². The van der Waals surface area contributed by atoms with Crippen molar-refractivity contribution in [1.82, 2.24) is 9.62 Å². The van der Waals surface area contributed by atoms with Crippen LogP contribution in [-0.2, 0) is 24.7 Å². The Bertz CT molecular complexity index is 1370. The van der Waals surface area contributed by atoms with Crippen molar-refractivity contribution in [2.75, 3.05) is 37.0 Å². The second kappa shape index (κ2) is 12.8. The van der Waals surface area contributed by atoms with Crippen molar-refractivity contribution in [3.05, 3.63) is 34.2 Å². The van der Waals surface area contributed by atoms with Crippen molar-refractivity contribution >= 4 is 49.4 Å². The molecule has 3 N–H and O–H groups in total. The first-order valence-electron chi connectivity index (χ1n) is 13.5. The Morgan fingerprint density at radius 3 is 2.23 bits per heavy atom. The van der Waals surface area contributed by atoms with Crippen LogP contribution in [0.15, 0.2) is 22.5 Å². The molecule has 222 valence electrons. The zero-order valence-corrected chi connectivity index (χ0v) is 25.4. The number of benzene rings is 1. The predicted molar refractivity (Wildman–Crippen MR) is 158 cm³/mol. The largest absolute Gasteiger partial charge is 0.351 e. The number of nitrogens with one attached hydrogen (secondary N) is 1. The van der Waals surface area contributed by atoms with Gasteiger partial charge in [0.05, 0.1) is 0 Å². The standard InChI is InChI=1S/C27H41N5O6S2/c1-20-18-22(31(3)26(28)34)19-21(2)23(20)11-17-40(37,38)32-14-12-27(13-15-32)25(33)29-24(30-27)10-8-6-5-7-9-16-39(4,35)36/h11,17-19H,5-10,12-16H2,1-4H3,(H2,28,34)(H,29,30,33)/b17-11+. The van der Waals surface area contributed by atoms with Gasteiger partial charge in [-0.15, -0.1) is 0 Å². The van der Waals surface area contributed by atoms with Gasteiger partial charge in [-0.25, -0.2) is 21.6 Å². The summed E-state index contributed by atoms with van der Waals surface area (Å²) < 4.78 is 50.0.